The summed E-state index contributed by atoms with van der Waals surface area (Å²) < 4.78 is 16.8. The summed E-state index contributed by atoms with van der Waals surface area (Å²) in [6.07, 6.45) is 7.23. The first-order chi connectivity index (χ1) is 23.3. The number of fused-ring (bicyclic) bond motifs is 1. The molecule has 3 aliphatic rings. The number of amides is 4. The number of benzene rings is 2. The van der Waals surface area contributed by atoms with Crippen LogP contribution in [0.4, 0.5) is 15.8 Å². The minimum absolute atomic E-state index is 0.0755. The summed E-state index contributed by atoms with van der Waals surface area (Å²) in [5, 5.41) is 13.9. The second-order valence-electron chi connectivity index (χ2n) is 12.3. The number of hydrogen-bond acceptors (Lipinski definition) is 8. The van der Waals surface area contributed by atoms with Crippen molar-refractivity contribution in [3.05, 3.63) is 78.0 Å². The molecule has 2 aromatic heterocycles. The van der Waals surface area contributed by atoms with E-state index in [4.69, 9.17) is 0 Å². The number of hydrogen-bond donors (Lipinski definition) is 3. The van der Waals surface area contributed by atoms with Gasteiger partial charge in [0.25, 0.3) is 5.91 Å². The van der Waals surface area contributed by atoms with Gasteiger partial charge in [-0.15, -0.1) is 5.10 Å². The Bertz CT molecular complexity index is 1900. The smallest absolute Gasteiger partial charge is 0.270 e. The van der Waals surface area contributed by atoms with Crippen LogP contribution in [-0.4, -0.2) is 98.7 Å². The van der Waals surface area contributed by atoms with Crippen molar-refractivity contribution in [2.24, 2.45) is 0 Å². The molecule has 13 nitrogen and oxygen atoms in total. The van der Waals surface area contributed by atoms with Crippen LogP contribution in [0.3, 0.4) is 0 Å². The maximum atomic E-state index is 15.2. The van der Waals surface area contributed by atoms with Crippen LogP contribution in [0, 0.1) is 5.82 Å². The van der Waals surface area contributed by atoms with Crippen LogP contribution in [0.25, 0.3) is 16.5 Å². The van der Waals surface area contributed by atoms with Crippen LogP contribution >= 0.6 is 0 Å². The molecule has 4 amide bonds. The first kappa shape index (κ1) is 31.1. The van der Waals surface area contributed by atoms with Gasteiger partial charge in [-0.05, 0) is 54.3 Å². The van der Waals surface area contributed by atoms with E-state index < -0.39 is 17.8 Å². The zero-order valence-corrected chi connectivity index (χ0v) is 26.3. The molecule has 0 saturated carbocycles. The van der Waals surface area contributed by atoms with Crippen molar-refractivity contribution in [3.63, 3.8) is 0 Å². The Morgan fingerprint density at radius 3 is 2.62 bits per heavy atom. The Morgan fingerprint density at radius 1 is 1.00 bits per heavy atom. The van der Waals surface area contributed by atoms with E-state index in [0.29, 0.717) is 75.7 Å². The molecular formula is C34H36FN9O4. The summed E-state index contributed by atoms with van der Waals surface area (Å²) in [6, 6.07) is 12.1. The number of nitrogens with zero attached hydrogens (tertiary/aromatic N) is 6. The standard InChI is InChI=1S/C34H36FN9O4/c35-26-20-25(37-27-6-8-31(45)39-33(27)47)5-7-30(26)41-14-16-42(17-15-41)34(48)29-19-23-4-3-22(18-28(23)38-29)24-2-1-11-43(21-24)32(46)9-12-44-13-10-36-40-44/h2-5,7,10,13,18-20,27,37-38H,1,6,8-9,11-12,14-17,21H2,(H,39,45,47). The van der Waals surface area contributed by atoms with Gasteiger partial charge < -0.3 is 25.0 Å². The molecule has 2 saturated heterocycles. The van der Waals surface area contributed by atoms with Gasteiger partial charge >= 0.3 is 0 Å². The normalized spacial score (nSPS) is 18.6. The van der Waals surface area contributed by atoms with Crippen LogP contribution in [0.5, 0.6) is 0 Å². The van der Waals surface area contributed by atoms with E-state index in [2.05, 4.69) is 32.0 Å². The van der Waals surface area contributed by atoms with Crippen molar-refractivity contribution >= 4 is 51.5 Å². The van der Waals surface area contributed by atoms with Crippen molar-refractivity contribution in [1.29, 1.82) is 0 Å². The molecule has 48 heavy (non-hydrogen) atoms. The van der Waals surface area contributed by atoms with Crippen molar-refractivity contribution < 1.29 is 23.6 Å². The predicted octanol–water partition coefficient (Wildman–Crippen LogP) is 2.78. The van der Waals surface area contributed by atoms with Crippen LogP contribution in [0.1, 0.15) is 41.7 Å². The number of aromatic nitrogens is 4. The number of carbonyl (C=O) groups excluding carboxylic acids is 4. The number of imide groups is 1. The number of H-pyrrole nitrogens is 1. The van der Waals surface area contributed by atoms with Gasteiger partial charge in [-0.1, -0.05) is 23.4 Å². The number of carbonyl (C=O) groups is 4. The molecule has 2 fully saturated rings. The number of piperidine rings is 1. The fourth-order valence-electron chi connectivity index (χ4n) is 6.53. The summed E-state index contributed by atoms with van der Waals surface area (Å²) in [5.41, 5.74) is 4.31. The number of anilines is 2. The highest BCUT2D eigenvalue weighted by Gasteiger charge is 2.28. The van der Waals surface area contributed by atoms with Crippen LogP contribution in [0.15, 0.2) is 60.9 Å². The maximum absolute atomic E-state index is 15.2. The van der Waals surface area contributed by atoms with E-state index in [1.54, 1.807) is 34.1 Å². The van der Waals surface area contributed by atoms with Crippen molar-refractivity contribution in [1.82, 2.24) is 35.1 Å². The molecule has 3 N–H and O–H groups in total. The van der Waals surface area contributed by atoms with E-state index in [0.717, 1.165) is 28.5 Å². The second kappa shape index (κ2) is 13.3. The van der Waals surface area contributed by atoms with Crippen LogP contribution in [-0.2, 0) is 20.9 Å². The van der Waals surface area contributed by atoms with Gasteiger partial charge in [0, 0.05) is 74.9 Å². The Labute approximate surface area is 275 Å². The molecule has 3 aliphatic heterocycles. The fraction of sp³-hybridized carbons (Fsp3) is 0.353. The van der Waals surface area contributed by atoms with E-state index in [-0.39, 0.29) is 24.1 Å². The minimum atomic E-state index is -0.591. The molecule has 0 aliphatic carbocycles. The molecular weight excluding hydrogens is 617 g/mol. The molecule has 0 radical (unpaired) electrons. The maximum Gasteiger partial charge on any atom is 0.270 e. The van der Waals surface area contributed by atoms with Gasteiger partial charge in [-0.3, -0.25) is 29.2 Å². The lowest BCUT2D eigenvalue weighted by atomic mass is 10.00. The third kappa shape index (κ3) is 6.64. The number of aryl methyl sites for hydroxylation is 1. The Balaban J connectivity index is 0.947. The first-order valence-electron chi connectivity index (χ1n) is 16.2. The number of rotatable bonds is 8. The Hall–Kier alpha value is -5.53. The van der Waals surface area contributed by atoms with E-state index in [1.165, 1.54) is 6.07 Å². The minimum Gasteiger partial charge on any atom is -0.374 e. The number of halogens is 1. The molecule has 14 heteroatoms. The average molecular weight is 654 g/mol. The van der Waals surface area contributed by atoms with Gasteiger partial charge in [0.2, 0.25) is 17.7 Å². The lowest BCUT2D eigenvalue weighted by Crippen LogP contribution is -2.49. The Morgan fingerprint density at radius 2 is 1.85 bits per heavy atom. The van der Waals surface area contributed by atoms with Gasteiger partial charge in [0.05, 0.1) is 18.4 Å². The number of piperazine rings is 1. The average Bonchev–Trinajstić information content (AvgIpc) is 3.78. The highest BCUT2D eigenvalue weighted by atomic mass is 19.1. The van der Waals surface area contributed by atoms with Gasteiger partial charge in [-0.2, -0.15) is 0 Å². The summed E-state index contributed by atoms with van der Waals surface area (Å²) in [7, 11) is 0. The zero-order chi connectivity index (χ0) is 33.2. The summed E-state index contributed by atoms with van der Waals surface area (Å²) >= 11 is 0. The summed E-state index contributed by atoms with van der Waals surface area (Å²) in [6.45, 7) is 3.49. The Kier molecular flexibility index (Phi) is 8.61. The third-order valence-corrected chi connectivity index (χ3v) is 9.19. The molecule has 0 bridgehead atoms. The van der Waals surface area contributed by atoms with Crippen molar-refractivity contribution in [3.8, 4) is 0 Å². The molecule has 5 heterocycles. The lowest BCUT2D eigenvalue weighted by Gasteiger charge is -2.36. The second-order valence-corrected chi connectivity index (χ2v) is 12.3. The molecule has 2 aromatic carbocycles. The molecule has 4 aromatic rings. The topological polar surface area (TPSA) is 149 Å². The van der Waals surface area contributed by atoms with Gasteiger partial charge in [0.1, 0.15) is 17.6 Å². The molecule has 0 spiro atoms. The van der Waals surface area contributed by atoms with Crippen LogP contribution < -0.4 is 15.5 Å². The largest absolute Gasteiger partial charge is 0.374 e. The summed E-state index contributed by atoms with van der Waals surface area (Å²) in [5.74, 6) is -1.18. The van der Waals surface area contributed by atoms with E-state index in [1.807, 2.05) is 34.1 Å². The SMILES string of the molecule is O=C1CCC(Nc2ccc(N3CCN(C(=O)c4cc5ccc(C6=CCCN(C(=O)CCn7ccnn7)C6)cc5[nH]4)CC3)c(F)c2)C(=O)N1. The quantitative estimate of drug-likeness (QED) is 0.246. The number of aromatic amines is 1. The first-order valence-corrected chi connectivity index (χ1v) is 16.2. The third-order valence-electron chi connectivity index (χ3n) is 9.19. The molecule has 7 rings (SSSR count). The van der Waals surface area contributed by atoms with E-state index >= 15 is 4.39 Å². The van der Waals surface area contributed by atoms with Crippen molar-refractivity contribution in [2.75, 3.05) is 49.5 Å². The van der Waals surface area contributed by atoms with Gasteiger partial charge in [0.15, 0.2) is 0 Å². The molecule has 1 atom stereocenters. The molecule has 1 unspecified atom stereocenters. The van der Waals surface area contributed by atoms with Crippen LogP contribution in [0.2, 0.25) is 0 Å². The predicted molar refractivity (Wildman–Crippen MR) is 176 cm³/mol. The number of nitrogens with one attached hydrogen (secondary N) is 3. The zero-order valence-electron chi connectivity index (χ0n) is 26.3. The molecule has 248 valence electrons. The van der Waals surface area contributed by atoms with E-state index in [9.17, 15) is 19.2 Å². The monoisotopic (exact) mass is 653 g/mol. The lowest BCUT2D eigenvalue weighted by molar-refractivity contribution is -0.134. The summed E-state index contributed by atoms with van der Waals surface area (Å²) in [4.78, 5) is 58.7. The van der Waals surface area contributed by atoms with Crippen molar-refractivity contribution in [2.45, 2.75) is 38.3 Å². The fourth-order valence-corrected chi connectivity index (χ4v) is 6.53. The highest BCUT2D eigenvalue weighted by Crippen LogP contribution is 2.28. The highest BCUT2D eigenvalue weighted by molar-refractivity contribution is 6.01. The van der Waals surface area contributed by atoms with Gasteiger partial charge in [-0.25, -0.2) is 4.39 Å².